The van der Waals surface area contributed by atoms with E-state index in [1.165, 1.54) is 13.2 Å². The zero-order valence-electron chi connectivity index (χ0n) is 12.0. The topological polar surface area (TPSA) is 93.7 Å². The molecule has 0 fully saturated rings. The summed E-state index contributed by atoms with van der Waals surface area (Å²) in [6.07, 6.45) is 0. The molecule has 0 atom stereocenters. The maximum Gasteiger partial charge on any atom is 0.353 e. The summed E-state index contributed by atoms with van der Waals surface area (Å²) in [5.74, 6) is 0.103. The number of aromatic amines is 1. The van der Waals surface area contributed by atoms with Crippen LogP contribution in [-0.2, 0) is 11.3 Å². The number of rotatable bonds is 6. The van der Waals surface area contributed by atoms with Gasteiger partial charge < -0.3 is 19.3 Å². The van der Waals surface area contributed by atoms with Gasteiger partial charge in [-0.1, -0.05) is 0 Å². The van der Waals surface area contributed by atoms with Crippen LogP contribution in [0.5, 0.6) is 11.5 Å². The maximum atomic E-state index is 10.9. The summed E-state index contributed by atoms with van der Waals surface area (Å²) in [4.78, 5) is 10.9. The van der Waals surface area contributed by atoms with E-state index in [0.717, 1.165) is 5.56 Å². The zero-order valence-corrected chi connectivity index (χ0v) is 12.0. The number of carboxylic acid groups (broad SMARTS) is 1. The van der Waals surface area contributed by atoms with Crippen molar-refractivity contribution >= 4 is 5.97 Å². The number of hydrogen-bond donors (Lipinski definition) is 2. The highest BCUT2D eigenvalue weighted by molar-refractivity contribution is 5.87. The summed E-state index contributed by atoms with van der Waals surface area (Å²) in [5.41, 5.74) is 1.88. The first kappa shape index (κ1) is 14.9. The fraction of sp³-hybridized carbons (Fsp3) is 0.286. The van der Waals surface area contributed by atoms with Gasteiger partial charge in [0, 0.05) is 18.2 Å². The van der Waals surface area contributed by atoms with E-state index in [0.29, 0.717) is 29.4 Å². The predicted molar refractivity (Wildman–Crippen MR) is 74.8 cm³/mol. The van der Waals surface area contributed by atoms with E-state index in [2.05, 4.69) is 10.2 Å². The molecule has 0 aliphatic carbocycles. The fourth-order valence-electron chi connectivity index (χ4n) is 2.04. The number of nitrogens with one attached hydrogen (secondary N) is 1. The van der Waals surface area contributed by atoms with Crippen molar-refractivity contribution < 1.29 is 24.1 Å². The lowest BCUT2D eigenvalue weighted by Crippen LogP contribution is -1.98. The van der Waals surface area contributed by atoms with Gasteiger partial charge in [-0.05, 0) is 18.2 Å². The minimum absolute atomic E-state index is 0.00293. The lowest BCUT2D eigenvalue weighted by molar-refractivity contribution is 0.0690. The van der Waals surface area contributed by atoms with Gasteiger partial charge in [-0.2, -0.15) is 5.10 Å². The zero-order chi connectivity index (χ0) is 15.4. The highest BCUT2D eigenvalue weighted by Gasteiger charge is 2.17. The molecule has 2 N–H and O–H groups in total. The molecular weight excluding hydrogens is 276 g/mol. The van der Waals surface area contributed by atoms with E-state index in [1.54, 1.807) is 26.4 Å². The van der Waals surface area contributed by atoms with Crippen LogP contribution in [0.15, 0.2) is 18.2 Å². The minimum Gasteiger partial charge on any atom is -0.497 e. The molecule has 7 nitrogen and oxygen atoms in total. The molecule has 0 aliphatic heterocycles. The summed E-state index contributed by atoms with van der Waals surface area (Å²) in [5, 5.41) is 15.4. The van der Waals surface area contributed by atoms with Gasteiger partial charge in [0.15, 0.2) is 0 Å². The molecule has 0 spiro atoms. The second-order valence-electron chi connectivity index (χ2n) is 4.27. The van der Waals surface area contributed by atoms with Gasteiger partial charge in [-0.15, -0.1) is 0 Å². The molecule has 0 saturated carbocycles. The number of carbonyl (C=O) groups is 1. The summed E-state index contributed by atoms with van der Waals surface area (Å²) < 4.78 is 15.8. The van der Waals surface area contributed by atoms with Crippen LogP contribution < -0.4 is 9.47 Å². The van der Waals surface area contributed by atoms with E-state index < -0.39 is 5.97 Å². The molecule has 0 radical (unpaired) electrons. The van der Waals surface area contributed by atoms with Gasteiger partial charge in [0.2, 0.25) is 0 Å². The number of benzene rings is 1. The largest absolute Gasteiger partial charge is 0.497 e. The van der Waals surface area contributed by atoms with Crippen LogP contribution >= 0.6 is 0 Å². The Kier molecular flexibility index (Phi) is 4.44. The third kappa shape index (κ3) is 2.97. The monoisotopic (exact) mass is 292 g/mol. The van der Waals surface area contributed by atoms with E-state index in [-0.39, 0.29) is 5.69 Å². The van der Waals surface area contributed by atoms with Gasteiger partial charge in [0.05, 0.1) is 26.5 Å². The molecule has 1 aromatic heterocycles. The summed E-state index contributed by atoms with van der Waals surface area (Å²) in [6, 6.07) is 4.98. The summed E-state index contributed by atoms with van der Waals surface area (Å²) >= 11 is 0. The van der Waals surface area contributed by atoms with Crippen LogP contribution in [0, 0.1) is 0 Å². The number of H-pyrrole nitrogens is 1. The van der Waals surface area contributed by atoms with E-state index in [1.807, 2.05) is 0 Å². The van der Waals surface area contributed by atoms with Crippen molar-refractivity contribution in [2.75, 3.05) is 21.3 Å². The van der Waals surface area contributed by atoms with E-state index in [9.17, 15) is 4.79 Å². The number of carboxylic acids is 1. The molecule has 0 aliphatic rings. The van der Waals surface area contributed by atoms with Crippen molar-refractivity contribution in [2.45, 2.75) is 6.61 Å². The summed E-state index contributed by atoms with van der Waals surface area (Å²) in [6.45, 7) is 0.337. The molecular formula is C14H16N2O5. The smallest absolute Gasteiger partial charge is 0.353 e. The van der Waals surface area contributed by atoms with Crippen LogP contribution in [0.25, 0.3) is 11.3 Å². The second-order valence-corrected chi connectivity index (χ2v) is 4.27. The first-order valence-electron chi connectivity index (χ1n) is 6.13. The van der Waals surface area contributed by atoms with E-state index in [4.69, 9.17) is 19.3 Å². The highest BCUT2D eigenvalue weighted by Crippen LogP contribution is 2.36. The van der Waals surface area contributed by atoms with Crippen molar-refractivity contribution in [2.24, 2.45) is 0 Å². The fourth-order valence-corrected chi connectivity index (χ4v) is 2.04. The second kappa shape index (κ2) is 6.27. The third-order valence-corrected chi connectivity index (χ3v) is 2.96. The SMILES string of the molecule is COCc1cc(OC)cc(-c2cc(C(=O)O)[nH]n2)c1OC. The first-order valence-corrected chi connectivity index (χ1v) is 6.13. The van der Waals surface area contributed by atoms with Crippen LogP contribution in [0.4, 0.5) is 0 Å². The van der Waals surface area contributed by atoms with Crippen LogP contribution in [0.1, 0.15) is 16.1 Å². The number of nitrogens with zero attached hydrogens (tertiary/aromatic N) is 1. The Morgan fingerprint density at radius 1 is 1.24 bits per heavy atom. The molecule has 0 saturated heterocycles. The molecule has 7 heteroatoms. The Morgan fingerprint density at radius 3 is 2.52 bits per heavy atom. The Balaban J connectivity index is 2.58. The van der Waals surface area contributed by atoms with Crippen LogP contribution in [-0.4, -0.2) is 42.6 Å². The molecule has 2 rings (SSSR count). The molecule has 1 aromatic carbocycles. The molecule has 21 heavy (non-hydrogen) atoms. The molecule has 2 aromatic rings. The van der Waals surface area contributed by atoms with Crippen LogP contribution in [0.2, 0.25) is 0 Å². The highest BCUT2D eigenvalue weighted by atomic mass is 16.5. The Bertz CT molecular complexity index is 651. The normalized spacial score (nSPS) is 10.4. The van der Waals surface area contributed by atoms with Gasteiger partial charge in [0.1, 0.15) is 17.2 Å². The third-order valence-electron chi connectivity index (χ3n) is 2.96. The Morgan fingerprint density at radius 2 is 2.00 bits per heavy atom. The molecule has 1 heterocycles. The van der Waals surface area contributed by atoms with Gasteiger partial charge in [0.25, 0.3) is 0 Å². The number of hydrogen-bond acceptors (Lipinski definition) is 5. The van der Waals surface area contributed by atoms with Gasteiger partial charge >= 0.3 is 5.97 Å². The van der Waals surface area contributed by atoms with Crippen molar-refractivity contribution in [3.8, 4) is 22.8 Å². The van der Waals surface area contributed by atoms with Crippen molar-refractivity contribution in [3.05, 3.63) is 29.5 Å². The van der Waals surface area contributed by atoms with Gasteiger partial charge in [-0.3, -0.25) is 5.10 Å². The summed E-state index contributed by atoms with van der Waals surface area (Å²) in [7, 11) is 4.67. The van der Waals surface area contributed by atoms with Crippen molar-refractivity contribution in [1.29, 1.82) is 0 Å². The van der Waals surface area contributed by atoms with Crippen molar-refractivity contribution in [1.82, 2.24) is 10.2 Å². The predicted octanol–water partition coefficient (Wildman–Crippen LogP) is 1.94. The molecule has 112 valence electrons. The van der Waals surface area contributed by atoms with Gasteiger partial charge in [-0.25, -0.2) is 4.79 Å². The molecule has 0 bridgehead atoms. The molecule has 0 amide bonds. The maximum absolute atomic E-state index is 10.9. The number of aromatic carboxylic acids is 1. The Hall–Kier alpha value is -2.54. The number of aromatic nitrogens is 2. The van der Waals surface area contributed by atoms with E-state index >= 15 is 0 Å². The van der Waals surface area contributed by atoms with Crippen LogP contribution in [0.3, 0.4) is 0 Å². The van der Waals surface area contributed by atoms with Crippen molar-refractivity contribution in [3.63, 3.8) is 0 Å². The standard InChI is InChI=1S/C14H16N2O5/c1-19-7-8-4-9(20-2)5-10(13(8)21-3)11-6-12(14(17)18)16-15-11/h4-6H,7H2,1-3H3,(H,15,16)(H,17,18). The average molecular weight is 292 g/mol. The lowest BCUT2D eigenvalue weighted by atomic mass is 10.0. The number of ether oxygens (including phenoxy) is 3. The number of methoxy groups -OCH3 is 3. The minimum atomic E-state index is -1.08. The lowest BCUT2D eigenvalue weighted by Gasteiger charge is -2.14. The Labute approximate surface area is 121 Å². The average Bonchev–Trinajstić information content (AvgIpc) is 2.96. The quantitative estimate of drug-likeness (QED) is 0.845. The first-order chi connectivity index (χ1) is 10.1. The molecule has 0 unspecified atom stereocenters.